The Balaban J connectivity index is 1.93. The minimum Gasteiger partial charge on any atom is -0.441 e. The summed E-state index contributed by atoms with van der Waals surface area (Å²) in [4.78, 5) is 4.44. The molecule has 2 aromatic rings. The van der Waals surface area contributed by atoms with E-state index in [1.54, 1.807) is 0 Å². The van der Waals surface area contributed by atoms with Crippen molar-refractivity contribution in [1.29, 1.82) is 0 Å². The fraction of sp³-hybridized carbons (Fsp3) is 0.500. The number of nitrogens with one attached hydrogen (secondary N) is 1. The summed E-state index contributed by atoms with van der Waals surface area (Å²) in [5.41, 5.74) is 4.95. The molecular formula is C14H16N2O. The molecule has 17 heavy (non-hydrogen) atoms. The van der Waals surface area contributed by atoms with E-state index in [2.05, 4.69) is 22.4 Å². The number of nitrogens with zero attached hydrogens (tertiary/aromatic N) is 1. The Morgan fingerprint density at radius 1 is 1.35 bits per heavy atom. The van der Waals surface area contributed by atoms with Crippen molar-refractivity contribution in [2.24, 2.45) is 5.92 Å². The lowest BCUT2D eigenvalue weighted by molar-refractivity contribution is 0.318. The van der Waals surface area contributed by atoms with E-state index in [1.807, 2.05) is 6.92 Å². The van der Waals surface area contributed by atoms with Gasteiger partial charge < -0.3 is 9.73 Å². The monoisotopic (exact) mass is 228 g/mol. The van der Waals surface area contributed by atoms with Gasteiger partial charge in [-0.1, -0.05) is 0 Å². The SMILES string of the molecule is Cc1nc2cc3c(cc2o1)CC1CNCC3C1. The van der Waals surface area contributed by atoms with Gasteiger partial charge in [0.1, 0.15) is 5.52 Å². The Morgan fingerprint density at radius 2 is 2.29 bits per heavy atom. The van der Waals surface area contributed by atoms with Crippen molar-refractivity contribution in [2.45, 2.75) is 25.7 Å². The molecule has 1 aliphatic heterocycles. The second-order valence-electron chi connectivity index (χ2n) is 5.41. The quantitative estimate of drug-likeness (QED) is 0.752. The first-order valence-corrected chi connectivity index (χ1v) is 6.40. The van der Waals surface area contributed by atoms with Gasteiger partial charge in [0.2, 0.25) is 0 Å². The highest BCUT2D eigenvalue weighted by Crippen LogP contribution is 2.38. The summed E-state index contributed by atoms with van der Waals surface area (Å²) in [7, 11) is 0. The van der Waals surface area contributed by atoms with Crippen molar-refractivity contribution in [3.63, 3.8) is 0 Å². The van der Waals surface area contributed by atoms with Gasteiger partial charge in [-0.3, -0.25) is 0 Å². The molecule has 3 heteroatoms. The first-order chi connectivity index (χ1) is 8.29. The smallest absolute Gasteiger partial charge is 0.192 e. The molecule has 0 amide bonds. The van der Waals surface area contributed by atoms with E-state index < -0.39 is 0 Å². The van der Waals surface area contributed by atoms with Crippen molar-refractivity contribution < 1.29 is 4.42 Å². The number of rotatable bonds is 0. The maximum absolute atomic E-state index is 5.63. The molecule has 2 bridgehead atoms. The summed E-state index contributed by atoms with van der Waals surface area (Å²) in [6, 6.07) is 4.46. The van der Waals surface area contributed by atoms with Crippen LogP contribution in [0.4, 0.5) is 0 Å². The maximum Gasteiger partial charge on any atom is 0.192 e. The van der Waals surface area contributed by atoms with Gasteiger partial charge in [0.25, 0.3) is 0 Å². The van der Waals surface area contributed by atoms with Crippen molar-refractivity contribution in [3.05, 3.63) is 29.2 Å². The van der Waals surface area contributed by atoms with Crippen LogP contribution in [0, 0.1) is 12.8 Å². The number of hydrogen-bond acceptors (Lipinski definition) is 3. The highest BCUT2D eigenvalue weighted by atomic mass is 16.3. The van der Waals surface area contributed by atoms with Gasteiger partial charge in [0, 0.05) is 13.5 Å². The third-order valence-electron chi connectivity index (χ3n) is 4.15. The summed E-state index contributed by atoms with van der Waals surface area (Å²) in [5.74, 6) is 2.25. The van der Waals surface area contributed by atoms with Gasteiger partial charge in [-0.05, 0) is 54.5 Å². The average Bonchev–Trinajstić information content (AvgIpc) is 2.66. The van der Waals surface area contributed by atoms with Gasteiger partial charge in [-0.2, -0.15) is 0 Å². The molecule has 1 aromatic heterocycles. The molecule has 1 aliphatic carbocycles. The van der Waals surface area contributed by atoms with Crippen molar-refractivity contribution in [1.82, 2.24) is 10.3 Å². The minimum absolute atomic E-state index is 0.680. The number of hydrogen-bond donors (Lipinski definition) is 1. The number of piperidine rings is 1. The van der Waals surface area contributed by atoms with Crippen molar-refractivity contribution in [3.8, 4) is 0 Å². The fourth-order valence-corrected chi connectivity index (χ4v) is 3.44. The first-order valence-electron chi connectivity index (χ1n) is 6.40. The molecule has 0 saturated carbocycles. The molecule has 2 heterocycles. The Hall–Kier alpha value is -1.35. The third kappa shape index (κ3) is 1.42. The van der Waals surface area contributed by atoms with Gasteiger partial charge in [0.15, 0.2) is 11.5 Å². The zero-order valence-electron chi connectivity index (χ0n) is 9.99. The van der Waals surface area contributed by atoms with E-state index in [4.69, 9.17) is 4.42 Å². The van der Waals surface area contributed by atoms with Crippen LogP contribution in [0.15, 0.2) is 16.5 Å². The Morgan fingerprint density at radius 3 is 3.24 bits per heavy atom. The van der Waals surface area contributed by atoms with E-state index >= 15 is 0 Å². The fourth-order valence-electron chi connectivity index (χ4n) is 3.44. The number of fused-ring (bicyclic) bond motifs is 5. The normalized spacial score (nSPS) is 27.1. The van der Waals surface area contributed by atoms with E-state index in [9.17, 15) is 0 Å². The van der Waals surface area contributed by atoms with Crippen molar-refractivity contribution in [2.75, 3.05) is 13.1 Å². The number of benzene rings is 1. The summed E-state index contributed by atoms with van der Waals surface area (Å²) in [6.07, 6.45) is 2.52. The molecule has 1 aromatic carbocycles. The van der Waals surface area contributed by atoms with Crippen molar-refractivity contribution >= 4 is 11.1 Å². The predicted octanol–water partition coefficient (Wildman–Crippen LogP) is 2.39. The molecule has 0 spiro atoms. The van der Waals surface area contributed by atoms with Crippen LogP contribution in [0.1, 0.15) is 29.4 Å². The summed E-state index contributed by atoms with van der Waals surface area (Å²) in [5, 5.41) is 3.54. The summed E-state index contributed by atoms with van der Waals surface area (Å²) in [6.45, 7) is 4.20. The first kappa shape index (κ1) is 9.66. The van der Waals surface area contributed by atoms with Crippen LogP contribution in [0.2, 0.25) is 0 Å². The van der Waals surface area contributed by atoms with Gasteiger partial charge >= 0.3 is 0 Å². The molecule has 2 aliphatic rings. The molecule has 1 saturated heterocycles. The number of oxazole rings is 1. The second kappa shape index (κ2) is 3.33. The molecule has 3 nitrogen and oxygen atoms in total. The van der Waals surface area contributed by atoms with E-state index in [1.165, 1.54) is 30.5 Å². The molecule has 4 rings (SSSR count). The number of aromatic nitrogens is 1. The van der Waals surface area contributed by atoms with Crippen LogP contribution in [0.5, 0.6) is 0 Å². The third-order valence-corrected chi connectivity index (χ3v) is 4.15. The van der Waals surface area contributed by atoms with Gasteiger partial charge in [-0.25, -0.2) is 4.98 Å². The molecular weight excluding hydrogens is 212 g/mol. The van der Waals surface area contributed by atoms with Crippen LogP contribution in [-0.2, 0) is 6.42 Å². The van der Waals surface area contributed by atoms with Crippen LogP contribution >= 0.6 is 0 Å². The molecule has 2 unspecified atom stereocenters. The largest absolute Gasteiger partial charge is 0.441 e. The van der Waals surface area contributed by atoms with E-state index in [0.29, 0.717) is 5.92 Å². The Bertz CT molecular complexity index is 587. The molecule has 88 valence electrons. The van der Waals surface area contributed by atoms with Crippen LogP contribution < -0.4 is 5.32 Å². The topological polar surface area (TPSA) is 38.1 Å². The molecule has 2 atom stereocenters. The zero-order chi connectivity index (χ0) is 11.4. The maximum atomic E-state index is 5.63. The van der Waals surface area contributed by atoms with Crippen LogP contribution in [-0.4, -0.2) is 18.1 Å². The lowest BCUT2D eigenvalue weighted by Gasteiger charge is -2.36. The second-order valence-corrected chi connectivity index (χ2v) is 5.41. The van der Waals surface area contributed by atoms with Crippen LogP contribution in [0.3, 0.4) is 0 Å². The van der Waals surface area contributed by atoms with Gasteiger partial charge in [-0.15, -0.1) is 0 Å². The zero-order valence-corrected chi connectivity index (χ0v) is 9.99. The summed E-state index contributed by atoms with van der Waals surface area (Å²) >= 11 is 0. The highest BCUT2D eigenvalue weighted by molar-refractivity contribution is 5.75. The lowest BCUT2D eigenvalue weighted by Crippen LogP contribution is -2.39. The summed E-state index contributed by atoms with van der Waals surface area (Å²) < 4.78 is 5.63. The molecule has 1 N–H and O–H groups in total. The standard InChI is InChI=1S/C14H16N2O/c1-8-16-13-5-12-10(4-14(13)17-8)2-9-3-11(12)7-15-6-9/h4-5,9,11,15H,2-3,6-7H2,1H3. The Labute approximate surface area is 100 Å². The Kier molecular flexibility index (Phi) is 1.89. The van der Waals surface area contributed by atoms with Crippen LogP contribution in [0.25, 0.3) is 11.1 Å². The molecule has 1 fully saturated rings. The van der Waals surface area contributed by atoms with E-state index in [0.717, 1.165) is 29.5 Å². The van der Waals surface area contributed by atoms with E-state index in [-0.39, 0.29) is 0 Å². The molecule has 0 radical (unpaired) electrons. The lowest BCUT2D eigenvalue weighted by atomic mass is 9.74. The average molecular weight is 228 g/mol. The minimum atomic E-state index is 0.680. The number of aryl methyl sites for hydroxylation is 1. The van der Waals surface area contributed by atoms with Gasteiger partial charge in [0.05, 0.1) is 0 Å². The predicted molar refractivity (Wildman–Crippen MR) is 66.2 cm³/mol. The highest BCUT2D eigenvalue weighted by Gasteiger charge is 2.30.